The molecule has 8 nitrogen and oxygen atoms in total. The molecule has 0 radical (unpaired) electrons. The molecule has 1 aromatic heterocycles. The minimum Gasteiger partial charge on any atom is -0.381 e. The summed E-state index contributed by atoms with van der Waals surface area (Å²) >= 11 is 0. The van der Waals surface area contributed by atoms with Crippen LogP contribution in [0.4, 0.5) is 21.8 Å². The Morgan fingerprint density at radius 3 is 2.83 bits per heavy atom. The number of benzene rings is 1. The number of aromatic nitrogens is 2. The van der Waals surface area contributed by atoms with Crippen molar-refractivity contribution in [2.75, 3.05) is 56.6 Å². The number of nitrogens with one attached hydrogen (secondary N) is 2. The number of amides is 1. The van der Waals surface area contributed by atoms with E-state index in [1.807, 2.05) is 6.07 Å². The molecule has 3 aliphatic rings. The molecule has 1 amide bonds. The number of carbonyl (C=O) groups is 1. The number of hydrogen-bond acceptors (Lipinski definition) is 7. The van der Waals surface area contributed by atoms with E-state index < -0.39 is 5.82 Å². The summed E-state index contributed by atoms with van der Waals surface area (Å²) in [6.45, 7) is 9.74. The Hall–Kier alpha value is -3.04. The topological polar surface area (TPSA) is 82.6 Å². The van der Waals surface area contributed by atoms with Gasteiger partial charge in [0.25, 0.3) is 0 Å². The molecule has 35 heavy (non-hydrogen) atoms. The van der Waals surface area contributed by atoms with Crippen LogP contribution < -0.4 is 10.6 Å². The van der Waals surface area contributed by atoms with Gasteiger partial charge in [0.2, 0.25) is 11.9 Å². The molecule has 186 valence electrons. The van der Waals surface area contributed by atoms with Gasteiger partial charge in [-0.15, -0.1) is 0 Å². The van der Waals surface area contributed by atoms with Crippen LogP contribution in [-0.4, -0.2) is 77.7 Å². The van der Waals surface area contributed by atoms with Gasteiger partial charge in [-0.25, -0.2) is 9.37 Å². The number of rotatable bonds is 7. The van der Waals surface area contributed by atoms with Gasteiger partial charge in [0.1, 0.15) is 0 Å². The molecule has 0 aliphatic carbocycles. The highest BCUT2D eigenvalue weighted by molar-refractivity contribution is 5.87. The summed E-state index contributed by atoms with van der Waals surface area (Å²) in [6, 6.07) is 6.29. The van der Waals surface area contributed by atoms with Crippen LogP contribution in [0.5, 0.6) is 0 Å². The standard InChI is InChI=1S/C26H33FN6O2/c1-2-24(34)33-9-3-4-22(15-33)29-25-23(27)13-28-26(31-25)30-21-6-5-19-7-10-32(11-8-20(19)12-21)14-18-16-35-17-18/h2,5-6,12-13,18,22H,1,3-4,7-11,14-17H2,(H2,28,29,30,31)/t22-/m1/s1. The van der Waals surface area contributed by atoms with Crippen LogP contribution in [0.1, 0.15) is 24.0 Å². The van der Waals surface area contributed by atoms with Gasteiger partial charge in [0.05, 0.1) is 19.4 Å². The van der Waals surface area contributed by atoms with E-state index in [0.29, 0.717) is 25.0 Å². The summed E-state index contributed by atoms with van der Waals surface area (Å²) in [4.78, 5) is 24.8. The van der Waals surface area contributed by atoms with Crippen molar-refractivity contribution >= 4 is 23.4 Å². The Labute approximate surface area is 205 Å². The number of hydrogen-bond donors (Lipinski definition) is 2. The monoisotopic (exact) mass is 480 g/mol. The van der Waals surface area contributed by atoms with Gasteiger partial charge in [0, 0.05) is 50.4 Å². The summed E-state index contributed by atoms with van der Waals surface area (Å²) in [6.07, 6.45) is 6.21. The summed E-state index contributed by atoms with van der Waals surface area (Å²) in [5.74, 6) is 0.535. The van der Waals surface area contributed by atoms with Crippen molar-refractivity contribution < 1.29 is 13.9 Å². The lowest BCUT2D eigenvalue weighted by Gasteiger charge is -2.32. The van der Waals surface area contributed by atoms with Crippen LogP contribution in [0.2, 0.25) is 0 Å². The van der Waals surface area contributed by atoms with Gasteiger partial charge in [-0.2, -0.15) is 4.98 Å². The van der Waals surface area contributed by atoms with E-state index in [9.17, 15) is 9.18 Å². The first-order valence-electron chi connectivity index (χ1n) is 12.5. The maximum Gasteiger partial charge on any atom is 0.246 e. The van der Waals surface area contributed by atoms with Crippen LogP contribution in [-0.2, 0) is 22.4 Å². The number of likely N-dealkylation sites (tertiary alicyclic amines) is 1. The zero-order valence-electron chi connectivity index (χ0n) is 20.0. The number of halogens is 1. The van der Waals surface area contributed by atoms with Crippen LogP contribution >= 0.6 is 0 Å². The second-order valence-corrected chi connectivity index (χ2v) is 9.67. The normalized spacial score (nSPS) is 20.9. The molecular weight excluding hydrogens is 447 g/mol. The summed E-state index contributed by atoms with van der Waals surface area (Å²) in [7, 11) is 0. The lowest BCUT2D eigenvalue weighted by molar-refractivity contribution is -0.127. The van der Waals surface area contributed by atoms with Crippen LogP contribution in [0.3, 0.4) is 0 Å². The number of nitrogens with zero attached hydrogens (tertiary/aromatic N) is 4. The lowest BCUT2D eigenvalue weighted by atomic mass is 10.0. The summed E-state index contributed by atoms with van der Waals surface area (Å²) < 4.78 is 19.8. The average Bonchev–Trinajstić information content (AvgIpc) is 3.05. The maximum absolute atomic E-state index is 14.5. The smallest absolute Gasteiger partial charge is 0.246 e. The highest BCUT2D eigenvalue weighted by Gasteiger charge is 2.24. The Morgan fingerprint density at radius 1 is 1.23 bits per heavy atom. The van der Waals surface area contributed by atoms with Crippen molar-refractivity contribution in [2.45, 2.75) is 31.7 Å². The van der Waals surface area contributed by atoms with Gasteiger partial charge in [0.15, 0.2) is 11.6 Å². The highest BCUT2D eigenvalue weighted by atomic mass is 19.1. The molecule has 1 atom stereocenters. The zero-order chi connectivity index (χ0) is 24.2. The molecule has 2 N–H and O–H groups in total. The van der Waals surface area contributed by atoms with Crippen LogP contribution in [0, 0.1) is 11.7 Å². The van der Waals surface area contributed by atoms with Crippen molar-refractivity contribution in [1.29, 1.82) is 0 Å². The van der Waals surface area contributed by atoms with Gasteiger partial charge in [-0.3, -0.25) is 4.79 Å². The van der Waals surface area contributed by atoms with Crippen molar-refractivity contribution in [1.82, 2.24) is 19.8 Å². The van der Waals surface area contributed by atoms with E-state index >= 15 is 0 Å². The van der Waals surface area contributed by atoms with E-state index in [1.54, 1.807) is 4.90 Å². The predicted octanol–water partition coefficient (Wildman–Crippen LogP) is 3.00. The molecular formula is C26H33FN6O2. The Balaban J connectivity index is 1.23. The fourth-order valence-corrected chi connectivity index (χ4v) is 5.06. The minimum atomic E-state index is -0.512. The van der Waals surface area contributed by atoms with E-state index in [0.717, 1.165) is 64.2 Å². The third-order valence-corrected chi connectivity index (χ3v) is 7.07. The molecule has 0 bridgehead atoms. The molecule has 2 aromatic rings. The first kappa shape index (κ1) is 23.7. The maximum atomic E-state index is 14.5. The minimum absolute atomic E-state index is 0.0770. The first-order chi connectivity index (χ1) is 17.1. The summed E-state index contributed by atoms with van der Waals surface area (Å²) in [5, 5.41) is 6.40. The van der Waals surface area contributed by atoms with Gasteiger partial charge < -0.3 is 25.2 Å². The van der Waals surface area contributed by atoms with Gasteiger partial charge >= 0.3 is 0 Å². The SMILES string of the molecule is C=CC(=O)N1CCC[C@@H](Nc2nc(Nc3ccc4c(c3)CCN(CC3COC3)CC4)ncc2F)C1. The van der Waals surface area contributed by atoms with Crippen LogP contribution in [0.15, 0.2) is 37.1 Å². The predicted molar refractivity (Wildman–Crippen MR) is 133 cm³/mol. The van der Waals surface area contributed by atoms with E-state index in [2.05, 4.69) is 44.2 Å². The third kappa shape index (κ3) is 5.79. The molecule has 9 heteroatoms. The molecule has 3 aliphatic heterocycles. The zero-order valence-corrected chi connectivity index (χ0v) is 20.0. The van der Waals surface area contributed by atoms with Crippen molar-refractivity contribution in [2.24, 2.45) is 5.92 Å². The molecule has 2 fully saturated rings. The quantitative estimate of drug-likeness (QED) is 0.590. The molecule has 5 rings (SSSR count). The molecule has 0 saturated carbocycles. The third-order valence-electron chi connectivity index (χ3n) is 7.07. The second kappa shape index (κ2) is 10.7. The Morgan fingerprint density at radius 2 is 2.06 bits per heavy atom. The van der Waals surface area contributed by atoms with Crippen LogP contribution in [0.25, 0.3) is 0 Å². The molecule has 4 heterocycles. The van der Waals surface area contributed by atoms with Crippen molar-refractivity contribution in [3.63, 3.8) is 0 Å². The fourth-order valence-electron chi connectivity index (χ4n) is 5.06. The van der Waals surface area contributed by atoms with Gasteiger partial charge in [-0.05, 0) is 55.0 Å². The number of ether oxygens (including phenoxy) is 1. The van der Waals surface area contributed by atoms with Crippen molar-refractivity contribution in [3.05, 3.63) is 54.0 Å². The van der Waals surface area contributed by atoms with Crippen molar-refractivity contribution in [3.8, 4) is 0 Å². The fraction of sp³-hybridized carbons (Fsp3) is 0.500. The van der Waals surface area contributed by atoms with Gasteiger partial charge in [-0.1, -0.05) is 12.6 Å². The molecule has 1 aromatic carbocycles. The first-order valence-corrected chi connectivity index (χ1v) is 12.5. The van der Waals surface area contributed by atoms with E-state index in [-0.39, 0.29) is 17.8 Å². The van der Waals surface area contributed by atoms with E-state index in [4.69, 9.17) is 4.74 Å². The Bertz CT molecular complexity index is 1080. The largest absolute Gasteiger partial charge is 0.381 e. The molecule has 2 saturated heterocycles. The Kier molecular flexibility index (Phi) is 7.24. The summed E-state index contributed by atoms with van der Waals surface area (Å²) in [5.41, 5.74) is 3.60. The average molecular weight is 481 g/mol. The number of fused-ring (bicyclic) bond motifs is 1. The molecule has 0 spiro atoms. The number of carbonyl (C=O) groups excluding carboxylic acids is 1. The highest BCUT2D eigenvalue weighted by Crippen LogP contribution is 2.25. The lowest BCUT2D eigenvalue weighted by Crippen LogP contribution is -2.44. The molecule has 0 unspecified atom stereocenters. The number of piperidine rings is 1. The van der Waals surface area contributed by atoms with E-state index in [1.165, 1.54) is 23.4 Å². The second-order valence-electron chi connectivity index (χ2n) is 9.67. The number of anilines is 3.